The third-order valence-corrected chi connectivity index (χ3v) is 3.94. The van der Waals surface area contributed by atoms with Crippen LogP contribution in [0.1, 0.15) is 36.5 Å². The molecule has 0 aliphatic rings. The molecular formula is C12H16ClN3S. The maximum Gasteiger partial charge on any atom is 0.0931 e. The zero-order valence-electron chi connectivity index (χ0n) is 9.93. The summed E-state index contributed by atoms with van der Waals surface area (Å²) in [5, 5.41) is 4.49. The Balaban J connectivity index is 2.05. The zero-order chi connectivity index (χ0) is 12.4. The predicted octanol–water partition coefficient (Wildman–Crippen LogP) is 3.42. The fraction of sp³-hybridized carbons (Fsp3) is 0.417. The first-order chi connectivity index (χ1) is 8.06. The van der Waals surface area contributed by atoms with Crippen molar-refractivity contribution in [2.24, 2.45) is 5.73 Å². The molecule has 17 heavy (non-hydrogen) atoms. The van der Waals surface area contributed by atoms with Crippen LogP contribution in [0.2, 0.25) is 4.34 Å². The highest BCUT2D eigenvalue weighted by Gasteiger charge is 2.12. The quantitative estimate of drug-likeness (QED) is 0.924. The molecule has 0 bridgehead atoms. The minimum atomic E-state index is -0.0250. The molecule has 0 aromatic carbocycles. The number of hydrogen-bond donors (Lipinski definition) is 1. The highest BCUT2D eigenvalue weighted by Crippen LogP contribution is 2.27. The first-order valence-corrected chi connectivity index (χ1v) is 6.80. The minimum Gasteiger partial charge on any atom is -0.323 e. The fourth-order valence-electron chi connectivity index (χ4n) is 1.63. The second kappa shape index (κ2) is 5.21. The maximum atomic E-state index is 6.13. The minimum absolute atomic E-state index is 0.0250. The zero-order valence-corrected chi connectivity index (χ0v) is 11.5. The van der Waals surface area contributed by atoms with Gasteiger partial charge in [0.1, 0.15) is 0 Å². The third-order valence-electron chi connectivity index (χ3n) is 2.58. The van der Waals surface area contributed by atoms with Crippen LogP contribution in [0, 0.1) is 0 Å². The lowest BCUT2D eigenvalue weighted by Gasteiger charge is -2.07. The Hall–Kier alpha value is -0.840. The van der Waals surface area contributed by atoms with Gasteiger partial charge in [0.2, 0.25) is 0 Å². The Labute approximate surface area is 110 Å². The van der Waals surface area contributed by atoms with Gasteiger partial charge in [-0.05, 0) is 32.0 Å². The maximum absolute atomic E-state index is 6.13. The van der Waals surface area contributed by atoms with Crippen molar-refractivity contribution in [1.29, 1.82) is 0 Å². The van der Waals surface area contributed by atoms with E-state index in [4.69, 9.17) is 17.3 Å². The summed E-state index contributed by atoms with van der Waals surface area (Å²) in [5.41, 5.74) is 7.15. The van der Waals surface area contributed by atoms with E-state index in [9.17, 15) is 0 Å². The number of aromatic nitrogens is 2. The molecule has 0 amide bonds. The highest BCUT2D eigenvalue weighted by molar-refractivity contribution is 7.16. The van der Waals surface area contributed by atoms with Crippen molar-refractivity contribution in [2.75, 3.05) is 0 Å². The Bertz CT molecular complexity index is 489. The van der Waals surface area contributed by atoms with E-state index in [0.717, 1.165) is 21.3 Å². The summed E-state index contributed by atoms with van der Waals surface area (Å²) in [7, 11) is 0. The Morgan fingerprint density at radius 3 is 2.71 bits per heavy atom. The van der Waals surface area contributed by atoms with Crippen molar-refractivity contribution in [1.82, 2.24) is 9.78 Å². The first-order valence-electron chi connectivity index (χ1n) is 5.61. The fourth-order valence-corrected chi connectivity index (χ4v) is 2.69. The second-order valence-corrected chi connectivity index (χ2v) is 6.08. The summed E-state index contributed by atoms with van der Waals surface area (Å²) in [4.78, 5) is 1.11. The molecule has 2 aromatic rings. The SMILES string of the molecule is CC(C)n1ccc(CC(N)c2ccc(Cl)s2)n1. The molecule has 0 radical (unpaired) electrons. The summed E-state index contributed by atoms with van der Waals surface area (Å²) < 4.78 is 2.73. The predicted molar refractivity (Wildman–Crippen MR) is 72.6 cm³/mol. The molecule has 2 heterocycles. The molecule has 0 saturated heterocycles. The van der Waals surface area contributed by atoms with Gasteiger partial charge in [0.25, 0.3) is 0 Å². The van der Waals surface area contributed by atoms with Crippen molar-refractivity contribution in [2.45, 2.75) is 32.4 Å². The van der Waals surface area contributed by atoms with Gasteiger partial charge in [-0.2, -0.15) is 5.10 Å². The van der Waals surface area contributed by atoms with Crippen LogP contribution in [-0.4, -0.2) is 9.78 Å². The van der Waals surface area contributed by atoms with Gasteiger partial charge in [-0.25, -0.2) is 0 Å². The summed E-state index contributed by atoms with van der Waals surface area (Å²) in [6, 6.07) is 6.25. The van der Waals surface area contributed by atoms with Crippen LogP contribution >= 0.6 is 22.9 Å². The van der Waals surface area contributed by atoms with Crippen molar-refractivity contribution in [3.63, 3.8) is 0 Å². The molecule has 0 aliphatic carbocycles. The first kappa shape index (κ1) is 12.6. The topological polar surface area (TPSA) is 43.8 Å². The van der Waals surface area contributed by atoms with E-state index >= 15 is 0 Å². The smallest absolute Gasteiger partial charge is 0.0931 e. The van der Waals surface area contributed by atoms with Gasteiger partial charge in [-0.15, -0.1) is 11.3 Å². The van der Waals surface area contributed by atoms with Crippen LogP contribution in [0.25, 0.3) is 0 Å². The summed E-state index contributed by atoms with van der Waals surface area (Å²) in [5.74, 6) is 0. The van der Waals surface area contributed by atoms with Crippen LogP contribution in [0.5, 0.6) is 0 Å². The number of nitrogens with two attached hydrogens (primary N) is 1. The Kier molecular flexibility index (Phi) is 3.86. The van der Waals surface area contributed by atoms with Crippen LogP contribution in [0.3, 0.4) is 0 Å². The normalized spacial score (nSPS) is 13.2. The molecule has 92 valence electrons. The number of rotatable bonds is 4. The van der Waals surface area contributed by atoms with Crippen molar-refractivity contribution in [3.8, 4) is 0 Å². The summed E-state index contributed by atoms with van der Waals surface area (Å²) >= 11 is 7.43. The largest absolute Gasteiger partial charge is 0.323 e. The lowest BCUT2D eigenvalue weighted by molar-refractivity contribution is 0.523. The van der Waals surface area contributed by atoms with Gasteiger partial charge in [0, 0.05) is 29.6 Å². The van der Waals surface area contributed by atoms with E-state index in [0.29, 0.717) is 6.04 Å². The second-order valence-electron chi connectivity index (χ2n) is 4.33. The molecule has 0 aliphatic heterocycles. The number of nitrogens with zero attached hydrogens (tertiary/aromatic N) is 2. The highest BCUT2D eigenvalue weighted by atomic mass is 35.5. The molecule has 0 spiro atoms. The number of halogens is 1. The van der Waals surface area contributed by atoms with E-state index in [1.54, 1.807) is 0 Å². The molecule has 1 unspecified atom stereocenters. The lowest BCUT2D eigenvalue weighted by atomic mass is 10.1. The third kappa shape index (κ3) is 3.09. The lowest BCUT2D eigenvalue weighted by Crippen LogP contribution is -2.12. The van der Waals surface area contributed by atoms with Gasteiger partial charge < -0.3 is 5.73 Å². The molecule has 0 saturated carbocycles. The van der Waals surface area contributed by atoms with Crippen LogP contribution < -0.4 is 5.73 Å². The Morgan fingerprint density at radius 1 is 1.41 bits per heavy atom. The Morgan fingerprint density at radius 2 is 2.18 bits per heavy atom. The molecule has 2 N–H and O–H groups in total. The van der Waals surface area contributed by atoms with Crippen LogP contribution in [-0.2, 0) is 6.42 Å². The molecule has 0 fully saturated rings. The van der Waals surface area contributed by atoms with Crippen molar-refractivity contribution < 1.29 is 0 Å². The van der Waals surface area contributed by atoms with Crippen molar-refractivity contribution in [3.05, 3.63) is 39.3 Å². The van der Waals surface area contributed by atoms with Crippen molar-refractivity contribution >= 4 is 22.9 Å². The van der Waals surface area contributed by atoms with Crippen LogP contribution in [0.15, 0.2) is 24.4 Å². The van der Waals surface area contributed by atoms with E-state index in [-0.39, 0.29) is 6.04 Å². The average molecular weight is 270 g/mol. The van der Waals surface area contributed by atoms with E-state index in [1.807, 2.05) is 29.1 Å². The van der Waals surface area contributed by atoms with E-state index in [2.05, 4.69) is 18.9 Å². The average Bonchev–Trinajstić information content (AvgIpc) is 2.86. The standard InChI is InChI=1S/C12H16ClN3S/c1-8(2)16-6-5-9(15-16)7-10(14)11-3-4-12(13)17-11/h3-6,8,10H,7,14H2,1-2H3. The molecule has 3 nitrogen and oxygen atoms in total. The van der Waals surface area contributed by atoms with Gasteiger partial charge >= 0.3 is 0 Å². The molecule has 2 aromatic heterocycles. The van der Waals surface area contributed by atoms with E-state index < -0.39 is 0 Å². The van der Waals surface area contributed by atoms with Gasteiger partial charge in [0.15, 0.2) is 0 Å². The molecular weight excluding hydrogens is 254 g/mol. The van der Waals surface area contributed by atoms with Crippen LogP contribution in [0.4, 0.5) is 0 Å². The molecule has 2 rings (SSSR count). The van der Waals surface area contributed by atoms with Gasteiger partial charge in [0.05, 0.1) is 10.0 Å². The number of hydrogen-bond acceptors (Lipinski definition) is 3. The van der Waals surface area contributed by atoms with E-state index in [1.165, 1.54) is 11.3 Å². The summed E-state index contributed by atoms with van der Waals surface area (Å²) in [6.07, 6.45) is 2.74. The monoisotopic (exact) mass is 269 g/mol. The van der Waals surface area contributed by atoms with Gasteiger partial charge in [-0.3, -0.25) is 4.68 Å². The molecule has 1 atom stereocenters. The molecule has 5 heteroatoms. The van der Waals surface area contributed by atoms with Gasteiger partial charge in [-0.1, -0.05) is 11.6 Å². The summed E-state index contributed by atoms with van der Waals surface area (Å²) in [6.45, 7) is 4.21. The number of thiophene rings is 1.